The second-order valence-corrected chi connectivity index (χ2v) is 10.3. The van der Waals surface area contributed by atoms with Crippen molar-refractivity contribution in [3.63, 3.8) is 0 Å². The third-order valence-electron chi connectivity index (χ3n) is 6.12. The van der Waals surface area contributed by atoms with Gasteiger partial charge in [-0.05, 0) is 80.5 Å². The molecular formula is C25H28NO6S-. The van der Waals surface area contributed by atoms with Crippen molar-refractivity contribution in [1.82, 2.24) is 4.57 Å². The van der Waals surface area contributed by atoms with Gasteiger partial charge in [0.1, 0.15) is 17.1 Å². The number of fused-ring (bicyclic) bond motifs is 1. The summed E-state index contributed by atoms with van der Waals surface area (Å²) in [6.45, 7) is 0.807. The third kappa shape index (κ3) is 5.68. The van der Waals surface area contributed by atoms with E-state index in [9.17, 15) is 18.3 Å². The molecule has 1 fully saturated rings. The van der Waals surface area contributed by atoms with Crippen LogP contribution in [0, 0.1) is 0 Å². The second kappa shape index (κ2) is 9.47. The maximum Gasteiger partial charge on any atom is 0.306 e. The van der Waals surface area contributed by atoms with Crippen LogP contribution in [0.4, 0.5) is 0 Å². The molecule has 7 nitrogen and oxygen atoms in total. The van der Waals surface area contributed by atoms with E-state index in [1.807, 2.05) is 42.6 Å². The number of ether oxygens (including phenoxy) is 1. The highest BCUT2D eigenvalue weighted by molar-refractivity contribution is 7.86. The average Bonchev–Trinajstić information content (AvgIpc) is 3.16. The standard InChI is InChI=1S/C25H29NO6S/c1-33(29,30)32-22-11-12-23-20(18-22)13-17-26(23)16-5-6-19-7-9-21(10-8-19)31-25(24(27)28)14-3-2-4-15-25/h7-13,17-18H,2-6,14-16H2,1H3,(H,27,28)/p-1. The molecule has 1 aromatic heterocycles. The molecule has 1 heterocycles. The molecule has 0 spiro atoms. The van der Waals surface area contributed by atoms with Gasteiger partial charge in [-0.15, -0.1) is 0 Å². The fraction of sp³-hybridized carbons (Fsp3) is 0.400. The quantitative estimate of drug-likeness (QED) is 0.445. The molecule has 0 unspecified atom stereocenters. The molecule has 176 valence electrons. The average molecular weight is 471 g/mol. The maximum atomic E-state index is 11.7. The number of hydrogen-bond acceptors (Lipinski definition) is 6. The summed E-state index contributed by atoms with van der Waals surface area (Å²) in [4.78, 5) is 11.7. The molecule has 0 radical (unpaired) electrons. The monoisotopic (exact) mass is 470 g/mol. The summed E-state index contributed by atoms with van der Waals surface area (Å²) in [7, 11) is -3.55. The third-order valence-corrected chi connectivity index (χ3v) is 6.62. The summed E-state index contributed by atoms with van der Waals surface area (Å²) >= 11 is 0. The fourth-order valence-corrected chi connectivity index (χ4v) is 4.93. The van der Waals surface area contributed by atoms with Crippen LogP contribution in [0.15, 0.2) is 54.7 Å². The van der Waals surface area contributed by atoms with Crippen molar-refractivity contribution in [1.29, 1.82) is 0 Å². The number of aromatic nitrogens is 1. The Hall–Kier alpha value is -3.00. The predicted molar refractivity (Wildman–Crippen MR) is 124 cm³/mol. The first-order valence-corrected chi connectivity index (χ1v) is 13.0. The minimum atomic E-state index is -3.55. The van der Waals surface area contributed by atoms with Gasteiger partial charge in [0.15, 0.2) is 0 Å². The summed E-state index contributed by atoms with van der Waals surface area (Å²) in [5, 5.41) is 12.6. The summed E-state index contributed by atoms with van der Waals surface area (Å²) < 4.78 is 35.6. The lowest BCUT2D eigenvalue weighted by Gasteiger charge is -2.38. The molecule has 1 aliphatic rings. The van der Waals surface area contributed by atoms with E-state index in [1.165, 1.54) is 0 Å². The minimum absolute atomic E-state index is 0.304. The lowest BCUT2D eigenvalue weighted by atomic mass is 9.84. The SMILES string of the molecule is CS(=O)(=O)Oc1ccc2c(ccn2CCCc2ccc(OC3(C(=O)[O-])CCCCC3)cc2)c1. The first kappa shape index (κ1) is 23.2. The highest BCUT2D eigenvalue weighted by Crippen LogP contribution is 2.33. The van der Waals surface area contributed by atoms with E-state index in [0.29, 0.717) is 24.3 Å². The van der Waals surface area contributed by atoms with Crippen LogP contribution in [0.25, 0.3) is 10.9 Å². The van der Waals surface area contributed by atoms with Gasteiger partial charge in [0.25, 0.3) is 0 Å². The molecule has 0 N–H and O–H groups in total. The summed E-state index contributed by atoms with van der Waals surface area (Å²) in [6, 6.07) is 14.8. The van der Waals surface area contributed by atoms with E-state index in [1.54, 1.807) is 12.1 Å². The molecule has 8 heteroatoms. The van der Waals surface area contributed by atoms with Gasteiger partial charge in [-0.3, -0.25) is 0 Å². The molecule has 1 saturated carbocycles. The second-order valence-electron chi connectivity index (χ2n) is 8.71. The smallest absolute Gasteiger partial charge is 0.306 e. The molecule has 2 aromatic carbocycles. The molecule has 1 aliphatic carbocycles. The van der Waals surface area contributed by atoms with Crippen molar-refractivity contribution in [3.8, 4) is 11.5 Å². The Balaban J connectivity index is 1.34. The van der Waals surface area contributed by atoms with E-state index < -0.39 is 21.7 Å². The molecule has 0 saturated heterocycles. The highest BCUT2D eigenvalue weighted by atomic mass is 32.2. The van der Waals surface area contributed by atoms with Gasteiger partial charge in [0.2, 0.25) is 0 Å². The summed E-state index contributed by atoms with van der Waals surface area (Å²) in [5.74, 6) is -0.257. The minimum Gasteiger partial charge on any atom is -0.546 e. The van der Waals surface area contributed by atoms with Crippen molar-refractivity contribution in [2.24, 2.45) is 0 Å². The van der Waals surface area contributed by atoms with Crippen molar-refractivity contribution in [3.05, 3.63) is 60.3 Å². The van der Waals surface area contributed by atoms with Crippen LogP contribution < -0.4 is 14.0 Å². The van der Waals surface area contributed by atoms with Gasteiger partial charge in [0, 0.05) is 23.6 Å². The molecular weight excluding hydrogens is 442 g/mol. The van der Waals surface area contributed by atoms with E-state index in [-0.39, 0.29) is 0 Å². The van der Waals surface area contributed by atoms with E-state index in [2.05, 4.69) is 4.57 Å². The Morgan fingerprint density at radius 2 is 1.73 bits per heavy atom. The lowest BCUT2D eigenvalue weighted by Crippen LogP contribution is -2.53. The van der Waals surface area contributed by atoms with Crippen LogP contribution in [-0.2, 0) is 27.9 Å². The molecule has 0 aliphatic heterocycles. The zero-order chi connectivity index (χ0) is 23.5. The molecule has 33 heavy (non-hydrogen) atoms. The first-order valence-electron chi connectivity index (χ1n) is 11.2. The number of benzene rings is 2. The number of rotatable bonds is 9. The maximum absolute atomic E-state index is 11.7. The van der Waals surface area contributed by atoms with Crippen molar-refractivity contribution < 1.29 is 27.2 Å². The van der Waals surface area contributed by atoms with Gasteiger partial charge in [0.05, 0.1) is 12.2 Å². The number of carbonyl (C=O) groups is 1. The number of carbonyl (C=O) groups excluding carboxylic acids is 1. The van der Waals surface area contributed by atoms with Crippen LogP contribution in [0.2, 0.25) is 0 Å². The van der Waals surface area contributed by atoms with E-state index in [4.69, 9.17) is 8.92 Å². The predicted octanol–water partition coefficient (Wildman–Crippen LogP) is 3.44. The largest absolute Gasteiger partial charge is 0.546 e. The van der Waals surface area contributed by atoms with Gasteiger partial charge in [-0.1, -0.05) is 18.6 Å². The van der Waals surface area contributed by atoms with Gasteiger partial charge in [-0.25, -0.2) is 0 Å². The van der Waals surface area contributed by atoms with E-state index >= 15 is 0 Å². The Labute approximate surface area is 194 Å². The molecule has 0 amide bonds. The van der Waals surface area contributed by atoms with Gasteiger partial charge in [-0.2, -0.15) is 8.42 Å². The number of hydrogen-bond donors (Lipinski definition) is 0. The number of carboxylic acid groups (broad SMARTS) is 1. The Morgan fingerprint density at radius 3 is 2.39 bits per heavy atom. The molecule has 3 aromatic rings. The summed E-state index contributed by atoms with van der Waals surface area (Å²) in [6.07, 6.45) is 8.47. The van der Waals surface area contributed by atoms with E-state index in [0.717, 1.165) is 61.4 Å². The number of aryl methyl sites for hydroxylation is 2. The Morgan fingerprint density at radius 1 is 1.03 bits per heavy atom. The molecule has 4 rings (SSSR count). The van der Waals surface area contributed by atoms with Crippen molar-refractivity contribution in [2.75, 3.05) is 6.26 Å². The number of carboxylic acids is 1. The first-order chi connectivity index (χ1) is 15.7. The summed E-state index contributed by atoms with van der Waals surface area (Å²) in [5.41, 5.74) is 0.954. The van der Waals surface area contributed by atoms with Gasteiger partial charge < -0.3 is 23.4 Å². The Bertz CT molecular complexity index is 1220. The number of aliphatic carboxylic acids is 1. The van der Waals surface area contributed by atoms with Crippen LogP contribution in [0.5, 0.6) is 11.5 Å². The Kier molecular flexibility index (Phi) is 6.65. The van der Waals surface area contributed by atoms with Crippen molar-refractivity contribution in [2.45, 2.75) is 57.1 Å². The normalized spacial score (nSPS) is 15.9. The molecule has 0 atom stereocenters. The lowest BCUT2D eigenvalue weighted by molar-refractivity contribution is -0.324. The van der Waals surface area contributed by atoms with Crippen LogP contribution in [0.1, 0.15) is 44.1 Å². The zero-order valence-corrected chi connectivity index (χ0v) is 19.5. The highest BCUT2D eigenvalue weighted by Gasteiger charge is 2.35. The van der Waals surface area contributed by atoms with Crippen LogP contribution >= 0.6 is 0 Å². The van der Waals surface area contributed by atoms with Gasteiger partial charge >= 0.3 is 10.1 Å². The topological polar surface area (TPSA) is 97.7 Å². The fourth-order valence-electron chi connectivity index (χ4n) is 4.47. The van der Waals surface area contributed by atoms with Crippen LogP contribution in [0.3, 0.4) is 0 Å². The molecule has 0 bridgehead atoms. The zero-order valence-electron chi connectivity index (χ0n) is 18.7. The van der Waals surface area contributed by atoms with Crippen molar-refractivity contribution >= 4 is 27.0 Å². The number of nitrogens with zero attached hydrogens (tertiary/aromatic N) is 1. The van der Waals surface area contributed by atoms with Crippen LogP contribution in [-0.4, -0.2) is 30.8 Å².